The van der Waals surface area contributed by atoms with E-state index < -0.39 is 48.1 Å². The largest absolute Gasteiger partial charge is 0.384 e. The van der Waals surface area contributed by atoms with E-state index in [-0.39, 0.29) is 22.6 Å². The van der Waals surface area contributed by atoms with Gasteiger partial charge in [-0.3, -0.25) is 4.98 Å². The third-order valence-electron chi connectivity index (χ3n) is 3.93. The Balaban J connectivity index is 1.84. The molecule has 4 aromatic rings. The van der Waals surface area contributed by atoms with Gasteiger partial charge < -0.3 is 5.11 Å². The first-order valence-corrected chi connectivity index (χ1v) is 7.79. The fourth-order valence-electron chi connectivity index (χ4n) is 2.63. The zero-order valence-corrected chi connectivity index (χ0v) is 13.9. The van der Waals surface area contributed by atoms with Gasteiger partial charge in [-0.05, 0) is 31.9 Å². The molecule has 6 nitrogen and oxygen atoms in total. The van der Waals surface area contributed by atoms with E-state index in [0.717, 1.165) is 23.0 Å². The van der Waals surface area contributed by atoms with Crippen LogP contribution < -0.4 is 0 Å². The molecule has 4 rings (SSSR count). The fourth-order valence-corrected chi connectivity index (χ4v) is 2.63. The summed E-state index contributed by atoms with van der Waals surface area (Å²) in [6.07, 6.45) is 2.75. The van der Waals surface area contributed by atoms with Gasteiger partial charge in [0.15, 0.2) is 5.82 Å². The van der Waals surface area contributed by atoms with Crippen LogP contribution >= 0.6 is 0 Å². The molecule has 3 aromatic heterocycles. The summed E-state index contributed by atoms with van der Waals surface area (Å²) in [5.41, 5.74) is -4.29. The number of aliphatic hydroxyl groups is 1. The predicted octanol–water partition coefficient (Wildman–Crippen LogP) is 3.50. The van der Waals surface area contributed by atoms with Gasteiger partial charge in [0.05, 0.1) is 30.0 Å². The Morgan fingerprint density at radius 3 is 2.61 bits per heavy atom. The molecule has 0 amide bonds. The summed E-state index contributed by atoms with van der Waals surface area (Å²) in [5.74, 6) is -3.09. The topological polar surface area (TPSA) is 76.2 Å². The lowest BCUT2D eigenvalue weighted by molar-refractivity contribution is 0.0734. The molecule has 0 radical (unpaired) electrons. The van der Waals surface area contributed by atoms with Gasteiger partial charge in [0.1, 0.15) is 22.9 Å². The van der Waals surface area contributed by atoms with Crippen molar-refractivity contribution in [1.29, 1.82) is 0 Å². The Labute approximate surface area is 165 Å². The number of hydrogen-bond donors (Lipinski definition) is 1. The second-order valence-electron chi connectivity index (χ2n) is 5.89. The van der Waals surface area contributed by atoms with Gasteiger partial charge in [-0.2, -0.15) is 9.61 Å². The molecule has 0 saturated carbocycles. The van der Waals surface area contributed by atoms with Crippen molar-refractivity contribution in [3.63, 3.8) is 0 Å². The van der Waals surface area contributed by atoms with Crippen molar-refractivity contribution in [3.8, 4) is 22.5 Å². The standard InChI is InChI=1S/C19H14F3N5O/c1-19(2,28)16-9-25-27-15(8-24-18(27)26-16)10-3-4-13(21)12(5-10)17-14(22)6-11(20)7-23-17/h3-9,28H,1-2H3/i1D3,2D3. The van der Waals surface area contributed by atoms with Gasteiger partial charge in [-0.1, -0.05) is 0 Å². The van der Waals surface area contributed by atoms with Crippen LogP contribution in [0, 0.1) is 17.5 Å². The van der Waals surface area contributed by atoms with Crippen LogP contribution in [0.1, 0.15) is 27.6 Å². The van der Waals surface area contributed by atoms with Gasteiger partial charge >= 0.3 is 0 Å². The maximum Gasteiger partial charge on any atom is 0.251 e. The molecule has 28 heavy (non-hydrogen) atoms. The Hall–Kier alpha value is -3.33. The zero-order valence-electron chi connectivity index (χ0n) is 19.9. The van der Waals surface area contributed by atoms with Crippen LogP contribution in [0.3, 0.4) is 0 Å². The third-order valence-corrected chi connectivity index (χ3v) is 3.93. The number of pyridine rings is 1. The Bertz CT molecular complexity index is 1390. The average molecular weight is 391 g/mol. The lowest BCUT2D eigenvalue weighted by atomic mass is 10.0. The van der Waals surface area contributed by atoms with Crippen molar-refractivity contribution in [2.24, 2.45) is 0 Å². The molecule has 0 atom stereocenters. The fraction of sp³-hybridized carbons (Fsp3) is 0.158. The summed E-state index contributed by atoms with van der Waals surface area (Å²) in [6.45, 7) is -6.72. The van der Waals surface area contributed by atoms with E-state index >= 15 is 0 Å². The van der Waals surface area contributed by atoms with Gasteiger partial charge in [0.25, 0.3) is 5.78 Å². The summed E-state index contributed by atoms with van der Waals surface area (Å²) in [4.78, 5) is 11.4. The van der Waals surface area contributed by atoms with E-state index in [1.54, 1.807) is 0 Å². The van der Waals surface area contributed by atoms with Crippen molar-refractivity contribution >= 4 is 5.78 Å². The molecule has 0 unspecified atom stereocenters. The highest BCUT2D eigenvalue weighted by atomic mass is 19.1. The molecule has 1 N–H and O–H groups in total. The maximum absolute atomic E-state index is 14.4. The van der Waals surface area contributed by atoms with E-state index in [4.69, 9.17) is 8.22 Å². The number of fused-ring (bicyclic) bond motifs is 1. The molecule has 1 aromatic carbocycles. The van der Waals surface area contributed by atoms with Crippen LogP contribution in [-0.2, 0) is 5.60 Å². The zero-order chi connectivity index (χ0) is 25.1. The van der Waals surface area contributed by atoms with Crippen molar-refractivity contribution in [2.45, 2.75) is 19.3 Å². The Morgan fingerprint density at radius 1 is 1.04 bits per heavy atom. The molecule has 0 fully saturated rings. The smallest absolute Gasteiger partial charge is 0.251 e. The normalized spacial score (nSPS) is 16.0. The van der Waals surface area contributed by atoms with Crippen molar-refractivity contribution < 1.29 is 26.5 Å². The van der Waals surface area contributed by atoms with Gasteiger partial charge in [0.2, 0.25) is 0 Å². The van der Waals surface area contributed by atoms with E-state index in [1.165, 1.54) is 18.3 Å². The van der Waals surface area contributed by atoms with E-state index in [2.05, 4.69) is 20.1 Å². The minimum atomic E-state index is -3.36. The first kappa shape index (κ1) is 12.2. The monoisotopic (exact) mass is 391 g/mol. The molecular weight excluding hydrogens is 371 g/mol. The van der Waals surface area contributed by atoms with Gasteiger partial charge in [-0.15, -0.1) is 0 Å². The highest BCUT2D eigenvalue weighted by Crippen LogP contribution is 2.29. The van der Waals surface area contributed by atoms with E-state index in [0.29, 0.717) is 6.07 Å². The molecule has 0 bridgehead atoms. The lowest BCUT2D eigenvalue weighted by Gasteiger charge is -2.15. The molecule has 0 aliphatic carbocycles. The molecular formula is C19H14F3N5O. The summed E-state index contributed by atoms with van der Waals surface area (Å²) in [5, 5.41) is 14.6. The molecule has 9 heteroatoms. The quantitative estimate of drug-likeness (QED) is 0.579. The SMILES string of the molecule is [2H]C([2H])([2H])C(O)(c1cnn2c(-c3ccc(F)c(-c4ncc(F)cc4F)c3)cnc2n1)C([2H])([2H])[2H]. The van der Waals surface area contributed by atoms with E-state index in [1.807, 2.05) is 0 Å². The first-order valence-electron chi connectivity index (χ1n) is 10.8. The second-order valence-corrected chi connectivity index (χ2v) is 5.89. The number of aromatic nitrogens is 5. The lowest BCUT2D eigenvalue weighted by Crippen LogP contribution is -2.19. The number of imidazole rings is 1. The second kappa shape index (κ2) is 6.38. The average Bonchev–Trinajstić information content (AvgIpc) is 3.15. The Morgan fingerprint density at radius 2 is 1.86 bits per heavy atom. The van der Waals surface area contributed by atoms with Crippen molar-refractivity contribution in [2.75, 3.05) is 0 Å². The summed E-state index contributed by atoms with van der Waals surface area (Å²) >= 11 is 0. The highest BCUT2D eigenvalue weighted by molar-refractivity contribution is 5.71. The minimum Gasteiger partial charge on any atom is -0.384 e. The van der Waals surface area contributed by atoms with Crippen LogP contribution in [0.2, 0.25) is 0 Å². The number of benzene rings is 1. The van der Waals surface area contributed by atoms with Gasteiger partial charge in [0, 0.05) is 25.4 Å². The third kappa shape index (κ3) is 3.09. The molecule has 0 spiro atoms. The van der Waals surface area contributed by atoms with Crippen LogP contribution in [0.25, 0.3) is 28.3 Å². The molecule has 142 valence electrons. The molecule has 0 saturated heterocycles. The van der Waals surface area contributed by atoms with Gasteiger partial charge in [-0.25, -0.2) is 23.1 Å². The first-order chi connectivity index (χ1) is 15.7. The maximum atomic E-state index is 14.4. The highest BCUT2D eigenvalue weighted by Gasteiger charge is 2.21. The van der Waals surface area contributed by atoms with Crippen LogP contribution in [0.15, 0.2) is 42.9 Å². The Kier molecular flexibility index (Phi) is 2.78. The van der Waals surface area contributed by atoms with Crippen molar-refractivity contribution in [3.05, 3.63) is 66.0 Å². The van der Waals surface area contributed by atoms with Crippen molar-refractivity contribution in [1.82, 2.24) is 24.6 Å². The summed E-state index contributed by atoms with van der Waals surface area (Å²) in [7, 11) is 0. The van der Waals surface area contributed by atoms with Crippen LogP contribution in [0.4, 0.5) is 13.2 Å². The minimum absolute atomic E-state index is 0.198. The van der Waals surface area contributed by atoms with E-state index in [9.17, 15) is 18.3 Å². The van der Waals surface area contributed by atoms with Crippen LogP contribution in [0.5, 0.6) is 0 Å². The molecule has 0 aliphatic heterocycles. The summed E-state index contributed by atoms with van der Waals surface area (Å²) in [6, 6.07) is 4.13. The summed E-state index contributed by atoms with van der Waals surface area (Å²) < 4.78 is 88.0. The van der Waals surface area contributed by atoms with Crippen LogP contribution in [-0.4, -0.2) is 29.7 Å². The number of rotatable bonds is 3. The number of halogens is 3. The number of hydrogen-bond acceptors (Lipinski definition) is 5. The molecule has 3 heterocycles. The predicted molar refractivity (Wildman–Crippen MR) is 94.6 cm³/mol. The number of nitrogens with zero attached hydrogens (tertiary/aromatic N) is 5. The molecule has 0 aliphatic rings.